The van der Waals surface area contributed by atoms with Crippen LogP contribution >= 0.6 is 0 Å². The molecule has 0 aliphatic rings. The maximum Gasteiger partial charge on any atom is 0.127 e. The molecular weight excluding hydrogens is 188 g/mol. The standard InChI is InChI=1S/C12H14N2O/c1-3-15-12-5-4-11(13)10-7-14-8(2)6-9(10)12/h4-7H,3,13H2,1-2H3. The Hall–Kier alpha value is -1.77. The number of nitrogens with zero attached hydrogens (tertiary/aromatic N) is 1. The van der Waals surface area contributed by atoms with Gasteiger partial charge in [-0.25, -0.2) is 0 Å². The minimum Gasteiger partial charge on any atom is -0.493 e. The molecule has 1 aromatic heterocycles. The molecule has 0 spiro atoms. The van der Waals surface area contributed by atoms with Crippen LogP contribution in [0.4, 0.5) is 5.69 Å². The Balaban J connectivity index is 2.72. The normalized spacial score (nSPS) is 10.5. The van der Waals surface area contributed by atoms with Gasteiger partial charge in [0.25, 0.3) is 0 Å². The first-order valence-corrected chi connectivity index (χ1v) is 5.00. The highest BCUT2D eigenvalue weighted by Crippen LogP contribution is 2.29. The molecule has 15 heavy (non-hydrogen) atoms. The predicted molar refractivity (Wildman–Crippen MR) is 62.1 cm³/mol. The van der Waals surface area contributed by atoms with E-state index in [1.807, 2.05) is 32.0 Å². The number of benzene rings is 1. The molecule has 3 heteroatoms. The second-order valence-electron chi connectivity index (χ2n) is 3.46. The number of hydrogen-bond donors (Lipinski definition) is 1. The summed E-state index contributed by atoms with van der Waals surface area (Å²) in [6.07, 6.45) is 1.79. The molecule has 2 rings (SSSR count). The molecule has 0 aliphatic carbocycles. The lowest BCUT2D eigenvalue weighted by atomic mass is 10.1. The van der Waals surface area contributed by atoms with Crippen molar-refractivity contribution in [1.29, 1.82) is 0 Å². The maximum absolute atomic E-state index is 5.88. The van der Waals surface area contributed by atoms with E-state index in [1.54, 1.807) is 6.20 Å². The summed E-state index contributed by atoms with van der Waals surface area (Å²) in [5, 5.41) is 1.98. The number of nitrogens with two attached hydrogens (primary N) is 1. The van der Waals surface area contributed by atoms with Crippen molar-refractivity contribution in [1.82, 2.24) is 4.98 Å². The first kappa shape index (κ1) is 9.77. The van der Waals surface area contributed by atoms with Crippen LogP contribution in [0.1, 0.15) is 12.6 Å². The monoisotopic (exact) mass is 202 g/mol. The number of hydrogen-bond acceptors (Lipinski definition) is 3. The number of aryl methyl sites for hydroxylation is 1. The number of pyridine rings is 1. The van der Waals surface area contributed by atoms with Crippen LogP contribution in [-0.2, 0) is 0 Å². The fourth-order valence-electron chi connectivity index (χ4n) is 1.62. The van der Waals surface area contributed by atoms with Crippen LogP contribution in [-0.4, -0.2) is 11.6 Å². The summed E-state index contributed by atoms with van der Waals surface area (Å²) < 4.78 is 5.55. The van der Waals surface area contributed by atoms with Crippen LogP contribution in [0.15, 0.2) is 24.4 Å². The molecule has 3 nitrogen and oxygen atoms in total. The number of fused-ring (bicyclic) bond motifs is 1. The molecule has 78 valence electrons. The molecule has 0 amide bonds. The largest absolute Gasteiger partial charge is 0.493 e. The van der Waals surface area contributed by atoms with Gasteiger partial charge in [0.1, 0.15) is 5.75 Å². The van der Waals surface area contributed by atoms with Gasteiger partial charge in [0.05, 0.1) is 6.61 Å². The Labute approximate surface area is 88.9 Å². The molecule has 0 bridgehead atoms. The van der Waals surface area contributed by atoms with Crippen LogP contribution in [0, 0.1) is 6.92 Å². The quantitative estimate of drug-likeness (QED) is 0.761. The van der Waals surface area contributed by atoms with E-state index in [9.17, 15) is 0 Å². The zero-order chi connectivity index (χ0) is 10.8. The van der Waals surface area contributed by atoms with Gasteiger partial charge in [-0.05, 0) is 32.0 Å². The molecule has 0 saturated heterocycles. The fraction of sp³-hybridized carbons (Fsp3) is 0.250. The Morgan fingerprint density at radius 2 is 2.13 bits per heavy atom. The molecule has 0 unspecified atom stereocenters. The van der Waals surface area contributed by atoms with Crippen molar-refractivity contribution < 1.29 is 4.74 Å². The molecule has 1 heterocycles. The van der Waals surface area contributed by atoms with Crippen LogP contribution in [0.2, 0.25) is 0 Å². The summed E-state index contributed by atoms with van der Waals surface area (Å²) in [6.45, 7) is 4.58. The van der Waals surface area contributed by atoms with Crippen LogP contribution in [0.25, 0.3) is 10.8 Å². The lowest BCUT2D eigenvalue weighted by molar-refractivity contribution is 0.344. The second kappa shape index (κ2) is 3.77. The minimum absolute atomic E-state index is 0.653. The van der Waals surface area contributed by atoms with Gasteiger partial charge >= 0.3 is 0 Å². The van der Waals surface area contributed by atoms with Gasteiger partial charge in [0, 0.05) is 28.4 Å². The van der Waals surface area contributed by atoms with Crippen LogP contribution in [0.3, 0.4) is 0 Å². The van der Waals surface area contributed by atoms with Crippen molar-refractivity contribution in [3.05, 3.63) is 30.1 Å². The summed E-state index contributed by atoms with van der Waals surface area (Å²) in [7, 11) is 0. The Morgan fingerprint density at radius 3 is 2.87 bits per heavy atom. The third-order valence-electron chi connectivity index (χ3n) is 2.33. The van der Waals surface area contributed by atoms with Gasteiger partial charge in [-0.3, -0.25) is 4.98 Å². The average molecular weight is 202 g/mol. The molecule has 0 fully saturated rings. The van der Waals surface area contributed by atoms with E-state index >= 15 is 0 Å². The summed E-state index contributed by atoms with van der Waals surface area (Å²) >= 11 is 0. The van der Waals surface area contributed by atoms with E-state index in [0.717, 1.165) is 27.9 Å². The van der Waals surface area contributed by atoms with E-state index < -0.39 is 0 Å². The highest BCUT2D eigenvalue weighted by Gasteiger charge is 2.05. The van der Waals surface area contributed by atoms with Crippen molar-refractivity contribution in [2.45, 2.75) is 13.8 Å². The zero-order valence-corrected chi connectivity index (χ0v) is 8.95. The maximum atomic E-state index is 5.88. The smallest absolute Gasteiger partial charge is 0.127 e. The Kier molecular flexibility index (Phi) is 2.46. The molecule has 2 N–H and O–H groups in total. The molecule has 2 aromatic rings. The van der Waals surface area contributed by atoms with Gasteiger partial charge < -0.3 is 10.5 Å². The van der Waals surface area contributed by atoms with Gasteiger partial charge in [-0.2, -0.15) is 0 Å². The van der Waals surface area contributed by atoms with Gasteiger partial charge in [-0.15, -0.1) is 0 Å². The second-order valence-corrected chi connectivity index (χ2v) is 3.46. The number of nitrogen functional groups attached to an aromatic ring is 1. The van der Waals surface area contributed by atoms with E-state index in [2.05, 4.69) is 4.98 Å². The van der Waals surface area contributed by atoms with Crippen LogP contribution in [0.5, 0.6) is 5.75 Å². The van der Waals surface area contributed by atoms with Gasteiger partial charge in [0.15, 0.2) is 0 Å². The van der Waals surface area contributed by atoms with Crippen LogP contribution < -0.4 is 10.5 Å². The van der Waals surface area contributed by atoms with Crippen molar-refractivity contribution in [2.24, 2.45) is 0 Å². The molecule has 1 aromatic carbocycles. The predicted octanol–water partition coefficient (Wildman–Crippen LogP) is 2.52. The topological polar surface area (TPSA) is 48.1 Å². The first-order chi connectivity index (χ1) is 7.22. The number of aromatic nitrogens is 1. The summed E-state index contributed by atoms with van der Waals surface area (Å²) in [5.74, 6) is 0.868. The molecular formula is C12H14N2O. The lowest BCUT2D eigenvalue weighted by Gasteiger charge is -2.09. The Bertz CT molecular complexity index is 494. The van der Waals surface area contributed by atoms with E-state index in [4.69, 9.17) is 10.5 Å². The molecule has 0 atom stereocenters. The molecule has 0 radical (unpaired) electrons. The first-order valence-electron chi connectivity index (χ1n) is 5.00. The van der Waals surface area contributed by atoms with Crippen molar-refractivity contribution in [3.63, 3.8) is 0 Å². The highest BCUT2D eigenvalue weighted by molar-refractivity contribution is 5.96. The number of ether oxygens (including phenoxy) is 1. The highest BCUT2D eigenvalue weighted by atomic mass is 16.5. The molecule has 0 aliphatic heterocycles. The SMILES string of the molecule is CCOc1ccc(N)c2cnc(C)cc12. The summed E-state index contributed by atoms with van der Waals surface area (Å²) in [6, 6.07) is 5.75. The van der Waals surface area contributed by atoms with E-state index in [-0.39, 0.29) is 0 Å². The average Bonchev–Trinajstić information content (AvgIpc) is 2.22. The third-order valence-corrected chi connectivity index (χ3v) is 2.33. The summed E-state index contributed by atoms with van der Waals surface area (Å²) in [4.78, 5) is 4.23. The zero-order valence-electron chi connectivity index (χ0n) is 8.95. The number of anilines is 1. The van der Waals surface area contributed by atoms with Crippen molar-refractivity contribution >= 4 is 16.5 Å². The Morgan fingerprint density at radius 1 is 1.33 bits per heavy atom. The lowest BCUT2D eigenvalue weighted by Crippen LogP contribution is -1.95. The van der Waals surface area contributed by atoms with Gasteiger partial charge in [0.2, 0.25) is 0 Å². The summed E-state index contributed by atoms with van der Waals surface area (Å²) in [5.41, 5.74) is 7.58. The van der Waals surface area contributed by atoms with Gasteiger partial charge in [-0.1, -0.05) is 0 Å². The minimum atomic E-state index is 0.653. The van der Waals surface area contributed by atoms with E-state index in [0.29, 0.717) is 6.61 Å². The third kappa shape index (κ3) is 1.73. The van der Waals surface area contributed by atoms with E-state index in [1.165, 1.54) is 0 Å². The molecule has 0 saturated carbocycles. The fourth-order valence-corrected chi connectivity index (χ4v) is 1.62. The van der Waals surface area contributed by atoms with Crippen molar-refractivity contribution in [2.75, 3.05) is 12.3 Å². The van der Waals surface area contributed by atoms with Crippen molar-refractivity contribution in [3.8, 4) is 5.75 Å². The number of rotatable bonds is 2.